The van der Waals surface area contributed by atoms with Gasteiger partial charge in [0.25, 0.3) is 5.91 Å². The molecule has 0 bridgehead atoms. The van der Waals surface area contributed by atoms with E-state index in [2.05, 4.69) is 15.2 Å². The molecule has 32 heavy (non-hydrogen) atoms. The summed E-state index contributed by atoms with van der Waals surface area (Å²) in [6, 6.07) is 6.70. The number of methoxy groups -OCH3 is 1. The molecule has 1 N–H and O–H groups in total. The molecule has 166 valence electrons. The molecule has 1 aliphatic heterocycles. The van der Waals surface area contributed by atoms with E-state index in [1.807, 2.05) is 6.07 Å². The Bertz CT molecular complexity index is 1220. The second-order valence-corrected chi connectivity index (χ2v) is 7.75. The molecule has 0 radical (unpaired) electrons. The number of aromatic nitrogens is 1. The van der Waals surface area contributed by atoms with E-state index >= 15 is 0 Å². The number of nitro benzene ring substituents is 2. The second-order valence-electron chi connectivity index (χ2n) is 6.75. The van der Waals surface area contributed by atoms with E-state index in [0.29, 0.717) is 37.6 Å². The number of anilines is 2. The molecule has 1 amide bonds. The van der Waals surface area contributed by atoms with Crippen molar-refractivity contribution in [3.8, 4) is 5.75 Å². The van der Waals surface area contributed by atoms with Crippen LogP contribution in [0.25, 0.3) is 10.2 Å². The average Bonchev–Trinajstić information content (AvgIpc) is 3.21. The smallest absolute Gasteiger partial charge is 0.346 e. The Morgan fingerprint density at radius 3 is 2.53 bits per heavy atom. The largest absolute Gasteiger partial charge is 0.494 e. The highest BCUT2D eigenvalue weighted by atomic mass is 32.1. The van der Waals surface area contributed by atoms with Crippen LogP contribution in [0.5, 0.6) is 5.75 Å². The van der Waals surface area contributed by atoms with Gasteiger partial charge in [-0.2, -0.15) is 0 Å². The van der Waals surface area contributed by atoms with Gasteiger partial charge in [0.15, 0.2) is 5.13 Å². The molecule has 0 aliphatic carbocycles. The van der Waals surface area contributed by atoms with Crippen LogP contribution in [0.4, 0.5) is 22.2 Å². The molecule has 1 aromatic heterocycles. The molecule has 3 aromatic rings. The molecule has 2 heterocycles. The molecule has 1 fully saturated rings. The number of hydrogen-bond acceptors (Lipinski definition) is 10. The van der Waals surface area contributed by atoms with Gasteiger partial charge >= 0.3 is 11.4 Å². The van der Waals surface area contributed by atoms with Crippen molar-refractivity contribution in [3.63, 3.8) is 0 Å². The first-order valence-corrected chi connectivity index (χ1v) is 10.2. The summed E-state index contributed by atoms with van der Waals surface area (Å²) in [6.45, 7) is 2.64. The Labute approximate surface area is 184 Å². The number of morpholine rings is 1. The predicted octanol–water partition coefficient (Wildman–Crippen LogP) is 3.21. The zero-order valence-electron chi connectivity index (χ0n) is 16.8. The molecular formula is C19H17N5O7S. The topological polar surface area (TPSA) is 150 Å². The summed E-state index contributed by atoms with van der Waals surface area (Å²) in [5, 5.41) is 25.0. The number of thiazole rings is 1. The quantitative estimate of drug-likeness (QED) is 0.433. The van der Waals surface area contributed by atoms with Crippen molar-refractivity contribution in [1.82, 2.24) is 4.98 Å². The van der Waals surface area contributed by atoms with Gasteiger partial charge in [-0.15, -0.1) is 0 Å². The van der Waals surface area contributed by atoms with Crippen LogP contribution in [0.1, 0.15) is 10.4 Å². The summed E-state index contributed by atoms with van der Waals surface area (Å²) < 4.78 is 11.6. The molecule has 2 aromatic carbocycles. The van der Waals surface area contributed by atoms with Gasteiger partial charge in [-0.25, -0.2) is 4.98 Å². The van der Waals surface area contributed by atoms with E-state index in [4.69, 9.17) is 9.47 Å². The van der Waals surface area contributed by atoms with Crippen LogP contribution >= 0.6 is 11.3 Å². The maximum atomic E-state index is 12.7. The fourth-order valence-corrected chi connectivity index (χ4v) is 4.39. The maximum Gasteiger partial charge on any atom is 0.346 e. The van der Waals surface area contributed by atoms with E-state index in [-0.39, 0.29) is 10.7 Å². The fraction of sp³-hybridized carbons (Fsp3) is 0.263. The molecular weight excluding hydrogens is 442 g/mol. The summed E-state index contributed by atoms with van der Waals surface area (Å²) in [7, 11) is 1.52. The Morgan fingerprint density at radius 1 is 1.16 bits per heavy atom. The lowest BCUT2D eigenvalue weighted by atomic mass is 10.1. The van der Waals surface area contributed by atoms with Crippen molar-refractivity contribution in [2.24, 2.45) is 0 Å². The van der Waals surface area contributed by atoms with Crippen LogP contribution in [0, 0.1) is 20.2 Å². The van der Waals surface area contributed by atoms with Crippen molar-refractivity contribution in [2.75, 3.05) is 43.6 Å². The van der Waals surface area contributed by atoms with Crippen molar-refractivity contribution in [1.29, 1.82) is 0 Å². The van der Waals surface area contributed by atoms with E-state index in [1.165, 1.54) is 18.4 Å². The minimum atomic E-state index is -0.897. The van der Waals surface area contributed by atoms with Gasteiger partial charge in [0.05, 0.1) is 40.6 Å². The number of amides is 1. The molecule has 0 atom stereocenters. The monoisotopic (exact) mass is 459 g/mol. The number of nitro groups is 2. The summed E-state index contributed by atoms with van der Waals surface area (Å²) in [5.74, 6) is -0.131. The van der Waals surface area contributed by atoms with Crippen LogP contribution in [0.2, 0.25) is 0 Å². The summed E-state index contributed by atoms with van der Waals surface area (Å²) in [6.07, 6.45) is 0. The van der Waals surface area contributed by atoms with Gasteiger partial charge in [0, 0.05) is 30.8 Å². The summed E-state index contributed by atoms with van der Waals surface area (Å²) in [4.78, 5) is 39.7. The summed E-state index contributed by atoms with van der Waals surface area (Å²) >= 11 is 1.24. The van der Waals surface area contributed by atoms with Gasteiger partial charge in [-0.1, -0.05) is 11.3 Å². The number of fused-ring (bicyclic) bond motifs is 1. The number of nitrogens with zero attached hydrogens (tertiary/aromatic N) is 4. The maximum absolute atomic E-state index is 12.7. The van der Waals surface area contributed by atoms with Gasteiger partial charge in [0.1, 0.15) is 11.3 Å². The number of carbonyl (C=O) groups is 1. The highest BCUT2D eigenvalue weighted by Gasteiger charge is 2.26. The lowest BCUT2D eigenvalue weighted by Gasteiger charge is -2.29. The number of benzene rings is 2. The van der Waals surface area contributed by atoms with Crippen molar-refractivity contribution in [2.45, 2.75) is 0 Å². The predicted molar refractivity (Wildman–Crippen MR) is 117 cm³/mol. The number of ether oxygens (including phenoxy) is 2. The van der Waals surface area contributed by atoms with Crippen LogP contribution in [0.3, 0.4) is 0 Å². The SMILES string of the molecule is COc1ccc(N2CCOCC2)c2sc(NC(=O)c3ccc([N+](=O)[O-])c([N+](=O)[O-])c3)nc12. The van der Waals surface area contributed by atoms with Gasteiger partial charge in [-0.05, 0) is 18.2 Å². The fourth-order valence-electron chi connectivity index (χ4n) is 3.38. The zero-order chi connectivity index (χ0) is 22.8. The minimum absolute atomic E-state index is 0.0954. The van der Waals surface area contributed by atoms with Gasteiger partial charge < -0.3 is 14.4 Å². The van der Waals surface area contributed by atoms with Crippen molar-refractivity contribution >= 4 is 49.7 Å². The summed E-state index contributed by atoms with van der Waals surface area (Å²) in [5.41, 5.74) is -0.0314. The lowest BCUT2D eigenvalue weighted by Crippen LogP contribution is -2.36. The minimum Gasteiger partial charge on any atom is -0.494 e. The third kappa shape index (κ3) is 4.02. The normalized spacial score (nSPS) is 13.7. The first-order valence-electron chi connectivity index (χ1n) is 9.43. The molecule has 4 rings (SSSR count). The van der Waals surface area contributed by atoms with Crippen LogP contribution in [-0.4, -0.2) is 54.2 Å². The van der Waals surface area contributed by atoms with E-state index in [0.717, 1.165) is 28.6 Å². The Balaban J connectivity index is 1.67. The number of rotatable bonds is 6. The zero-order valence-corrected chi connectivity index (χ0v) is 17.6. The molecule has 1 saturated heterocycles. The highest BCUT2D eigenvalue weighted by molar-refractivity contribution is 7.23. The van der Waals surface area contributed by atoms with Crippen LogP contribution < -0.4 is 15.0 Å². The lowest BCUT2D eigenvalue weighted by molar-refractivity contribution is -0.422. The molecule has 13 heteroatoms. The van der Waals surface area contributed by atoms with Crippen molar-refractivity contribution in [3.05, 3.63) is 56.1 Å². The average molecular weight is 459 g/mol. The van der Waals surface area contributed by atoms with Gasteiger partial charge in [0.2, 0.25) is 0 Å². The molecule has 12 nitrogen and oxygen atoms in total. The third-order valence-corrected chi connectivity index (χ3v) is 5.90. The van der Waals surface area contributed by atoms with E-state index < -0.39 is 27.1 Å². The number of carbonyl (C=O) groups excluding carboxylic acids is 1. The standard InChI is InChI=1S/C19H17N5O7S/c1-30-15-5-4-13(22-6-8-31-9-7-22)17-16(15)20-19(32-17)21-18(25)11-2-3-12(23(26)27)14(10-11)24(28)29/h2-5,10H,6-9H2,1H3,(H,20,21,25). The molecule has 0 saturated carbocycles. The Kier molecular flexibility index (Phi) is 5.83. The number of hydrogen-bond donors (Lipinski definition) is 1. The first kappa shape index (κ1) is 21.4. The van der Waals surface area contributed by atoms with Gasteiger partial charge in [-0.3, -0.25) is 30.3 Å². The second kappa shape index (κ2) is 8.72. The van der Waals surface area contributed by atoms with E-state index in [9.17, 15) is 25.0 Å². The van der Waals surface area contributed by atoms with E-state index in [1.54, 1.807) is 6.07 Å². The van der Waals surface area contributed by atoms with Crippen LogP contribution in [0.15, 0.2) is 30.3 Å². The molecule has 0 spiro atoms. The van der Waals surface area contributed by atoms with Crippen LogP contribution in [-0.2, 0) is 4.74 Å². The van der Waals surface area contributed by atoms with Crippen molar-refractivity contribution < 1.29 is 24.1 Å². The Hall–Kier alpha value is -3.84. The molecule has 1 aliphatic rings. The Morgan fingerprint density at radius 2 is 1.88 bits per heavy atom. The first-order chi connectivity index (χ1) is 15.4. The number of nitrogens with one attached hydrogen (secondary N) is 1. The highest BCUT2D eigenvalue weighted by Crippen LogP contribution is 2.40. The third-order valence-electron chi connectivity index (χ3n) is 4.91. The molecule has 0 unspecified atom stereocenters.